The second kappa shape index (κ2) is 4.85. The van der Waals surface area contributed by atoms with Crippen LogP contribution in [0.5, 0.6) is 0 Å². The Balaban J connectivity index is 2.16. The molecule has 0 radical (unpaired) electrons. The highest BCUT2D eigenvalue weighted by Gasteiger charge is 2.18. The largest absolute Gasteiger partial charge is 0.370 e. The fraction of sp³-hybridized carbons (Fsp3) is 0.333. The van der Waals surface area contributed by atoms with Gasteiger partial charge in [-0.3, -0.25) is 0 Å². The van der Waals surface area contributed by atoms with E-state index < -0.39 is 0 Å². The van der Waals surface area contributed by atoms with Crippen molar-refractivity contribution in [2.24, 2.45) is 0 Å². The number of fused-ring (bicyclic) bond motifs is 1. The summed E-state index contributed by atoms with van der Waals surface area (Å²) in [5, 5.41) is 3.34. The Morgan fingerprint density at radius 3 is 2.94 bits per heavy atom. The summed E-state index contributed by atoms with van der Waals surface area (Å²) in [5.74, 6) is 1.24. The van der Waals surface area contributed by atoms with Crippen LogP contribution >= 0.6 is 27.3 Å². The number of thiophene rings is 1. The van der Waals surface area contributed by atoms with Gasteiger partial charge in [-0.2, -0.15) is 4.98 Å². The number of nitrogens with zero attached hydrogens (tertiary/aromatic N) is 2. The second-order valence-electron chi connectivity index (χ2n) is 4.25. The van der Waals surface area contributed by atoms with Crippen molar-refractivity contribution in [3.63, 3.8) is 0 Å². The zero-order valence-corrected chi connectivity index (χ0v) is 12.1. The predicted octanol–water partition coefficient (Wildman–Crippen LogP) is 3.30. The van der Waals surface area contributed by atoms with Crippen LogP contribution in [0.4, 0.5) is 11.8 Å². The average molecular weight is 325 g/mol. The Morgan fingerprint density at radius 1 is 1.28 bits per heavy atom. The van der Waals surface area contributed by atoms with Crippen molar-refractivity contribution < 1.29 is 0 Å². The minimum absolute atomic E-state index is 0.336. The molecule has 2 aromatic heterocycles. The summed E-state index contributed by atoms with van der Waals surface area (Å²) in [6.07, 6.45) is 3.32. The first kappa shape index (κ1) is 11.9. The number of halogens is 1. The maximum absolute atomic E-state index is 5.81. The minimum atomic E-state index is 0.336. The van der Waals surface area contributed by atoms with Gasteiger partial charge in [0.1, 0.15) is 5.82 Å². The fourth-order valence-electron chi connectivity index (χ4n) is 2.16. The van der Waals surface area contributed by atoms with Gasteiger partial charge in [-0.1, -0.05) is 0 Å². The van der Waals surface area contributed by atoms with Crippen LogP contribution in [0.3, 0.4) is 0 Å². The second-order valence-corrected chi connectivity index (χ2v) is 6.71. The third-order valence-electron chi connectivity index (χ3n) is 2.98. The van der Waals surface area contributed by atoms with Gasteiger partial charge in [0.2, 0.25) is 5.95 Å². The lowest BCUT2D eigenvalue weighted by molar-refractivity contribution is 0.785. The van der Waals surface area contributed by atoms with Crippen LogP contribution in [0.25, 0.3) is 10.6 Å². The fourth-order valence-corrected chi connectivity index (χ4v) is 3.57. The summed E-state index contributed by atoms with van der Waals surface area (Å²) in [6.45, 7) is 0.955. The summed E-state index contributed by atoms with van der Waals surface area (Å²) in [5.41, 5.74) is 7.97. The van der Waals surface area contributed by atoms with Gasteiger partial charge in [0.15, 0.2) is 0 Å². The van der Waals surface area contributed by atoms with Crippen molar-refractivity contribution in [2.75, 3.05) is 17.6 Å². The maximum atomic E-state index is 5.81. The Labute approximate surface area is 118 Å². The number of nitrogen functional groups attached to an aromatic ring is 1. The molecule has 0 amide bonds. The highest BCUT2D eigenvalue weighted by Crippen LogP contribution is 2.35. The molecule has 0 atom stereocenters. The van der Waals surface area contributed by atoms with Gasteiger partial charge in [0, 0.05) is 12.1 Å². The first-order chi connectivity index (χ1) is 8.74. The van der Waals surface area contributed by atoms with E-state index in [4.69, 9.17) is 5.73 Å². The van der Waals surface area contributed by atoms with E-state index in [9.17, 15) is 0 Å². The lowest BCUT2D eigenvalue weighted by Gasteiger charge is -2.11. The molecule has 0 saturated carbocycles. The van der Waals surface area contributed by atoms with Crippen LogP contribution in [0.2, 0.25) is 0 Å². The third kappa shape index (κ3) is 2.22. The van der Waals surface area contributed by atoms with Gasteiger partial charge < -0.3 is 11.1 Å². The predicted molar refractivity (Wildman–Crippen MR) is 78.9 cm³/mol. The number of nitrogens with one attached hydrogen (secondary N) is 1. The van der Waals surface area contributed by atoms with Crippen LogP contribution in [0.1, 0.15) is 18.4 Å². The first-order valence-electron chi connectivity index (χ1n) is 5.90. The van der Waals surface area contributed by atoms with E-state index in [1.165, 1.54) is 5.56 Å². The summed E-state index contributed by atoms with van der Waals surface area (Å²) >= 11 is 5.16. The first-order valence-corrected chi connectivity index (χ1v) is 7.51. The van der Waals surface area contributed by atoms with Gasteiger partial charge in [-0.25, -0.2) is 4.98 Å². The molecule has 0 aromatic carbocycles. The molecule has 0 unspecified atom stereocenters. The molecule has 0 bridgehead atoms. The molecule has 0 saturated heterocycles. The Morgan fingerprint density at radius 2 is 2.17 bits per heavy atom. The van der Waals surface area contributed by atoms with Gasteiger partial charge in [0.05, 0.1) is 14.4 Å². The highest BCUT2D eigenvalue weighted by atomic mass is 79.9. The molecule has 3 rings (SSSR count). The number of rotatable bonds is 1. The van der Waals surface area contributed by atoms with Crippen LogP contribution in [-0.4, -0.2) is 16.5 Å². The number of hydrogen-bond acceptors (Lipinski definition) is 5. The quantitative estimate of drug-likeness (QED) is 0.844. The van der Waals surface area contributed by atoms with Crippen molar-refractivity contribution in [2.45, 2.75) is 19.3 Å². The standard InChI is InChI=1S/C12H13BrN4S/c13-9-5-4-8(18-9)10-7-3-1-2-6-15-11(7)17-12(14)16-10/h4-5H,1-3,6H2,(H3,14,15,16,17). The molecular formula is C12H13BrN4S. The zero-order chi connectivity index (χ0) is 12.5. The SMILES string of the molecule is Nc1nc2c(c(-c3ccc(Br)s3)n1)CCCCN2. The maximum Gasteiger partial charge on any atom is 0.222 e. The van der Waals surface area contributed by atoms with Gasteiger partial charge in [-0.15, -0.1) is 11.3 Å². The van der Waals surface area contributed by atoms with E-state index in [-0.39, 0.29) is 0 Å². The van der Waals surface area contributed by atoms with E-state index >= 15 is 0 Å². The Kier molecular flexibility index (Phi) is 3.22. The van der Waals surface area contributed by atoms with Crippen molar-refractivity contribution >= 4 is 39.0 Å². The summed E-state index contributed by atoms with van der Waals surface area (Å²) in [7, 11) is 0. The van der Waals surface area contributed by atoms with Crippen LogP contribution in [0.15, 0.2) is 15.9 Å². The normalized spacial score (nSPS) is 14.7. The van der Waals surface area contributed by atoms with Gasteiger partial charge in [0.25, 0.3) is 0 Å². The molecular weight excluding hydrogens is 312 g/mol. The van der Waals surface area contributed by atoms with E-state index in [1.807, 2.05) is 6.07 Å². The molecule has 3 heterocycles. The Bertz CT molecular complexity index is 581. The van der Waals surface area contributed by atoms with E-state index in [0.29, 0.717) is 5.95 Å². The molecule has 1 aliphatic rings. The van der Waals surface area contributed by atoms with E-state index in [1.54, 1.807) is 11.3 Å². The third-order valence-corrected chi connectivity index (χ3v) is 4.61. The molecule has 6 heteroatoms. The Hall–Kier alpha value is -1.14. The molecule has 4 nitrogen and oxygen atoms in total. The van der Waals surface area contributed by atoms with Gasteiger partial charge >= 0.3 is 0 Å². The molecule has 2 aromatic rings. The highest BCUT2D eigenvalue weighted by molar-refractivity contribution is 9.11. The monoisotopic (exact) mass is 324 g/mol. The average Bonchev–Trinajstić information content (AvgIpc) is 2.63. The van der Waals surface area contributed by atoms with Crippen molar-refractivity contribution in [3.05, 3.63) is 21.5 Å². The summed E-state index contributed by atoms with van der Waals surface area (Å²) in [6, 6.07) is 4.11. The molecule has 94 valence electrons. The molecule has 3 N–H and O–H groups in total. The van der Waals surface area contributed by atoms with Crippen molar-refractivity contribution in [1.82, 2.24) is 9.97 Å². The zero-order valence-electron chi connectivity index (χ0n) is 9.74. The van der Waals surface area contributed by atoms with Crippen LogP contribution < -0.4 is 11.1 Å². The van der Waals surface area contributed by atoms with Crippen LogP contribution in [-0.2, 0) is 6.42 Å². The number of hydrogen-bond donors (Lipinski definition) is 2. The molecule has 0 aliphatic carbocycles. The smallest absolute Gasteiger partial charge is 0.222 e. The lowest BCUT2D eigenvalue weighted by Crippen LogP contribution is -2.07. The van der Waals surface area contributed by atoms with Crippen LogP contribution in [0, 0.1) is 0 Å². The van der Waals surface area contributed by atoms with Gasteiger partial charge in [-0.05, 0) is 47.3 Å². The number of anilines is 2. The number of nitrogens with two attached hydrogens (primary N) is 1. The van der Waals surface area contributed by atoms with E-state index in [0.717, 1.165) is 46.0 Å². The molecule has 0 spiro atoms. The molecule has 18 heavy (non-hydrogen) atoms. The summed E-state index contributed by atoms with van der Waals surface area (Å²) in [4.78, 5) is 9.88. The van der Waals surface area contributed by atoms with Crippen molar-refractivity contribution in [3.8, 4) is 10.6 Å². The van der Waals surface area contributed by atoms with E-state index in [2.05, 4.69) is 37.3 Å². The number of aromatic nitrogens is 2. The summed E-state index contributed by atoms with van der Waals surface area (Å²) < 4.78 is 1.10. The molecule has 0 fully saturated rings. The molecule has 1 aliphatic heterocycles. The topological polar surface area (TPSA) is 63.8 Å². The lowest BCUT2D eigenvalue weighted by atomic mass is 10.1. The van der Waals surface area contributed by atoms with Crippen molar-refractivity contribution in [1.29, 1.82) is 0 Å². The minimum Gasteiger partial charge on any atom is -0.370 e.